The molecule has 3 heteroatoms. The van der Waals surface area contributed by atoms with Gasteiger partial charge >= 0.3 is 0 Å². The van der Waals surface area contributed by atoms with E-state index in [1.807, 2.05) is 26.0 Å². The highest BCUT2D eigenvalue weighted by Crippen LogP contribution is 2.27. The summed E-state index contributed by atoms with van der Waals surface area (Å²) in [5.41, 5.74) is 3.80. The van der Waals surface area contributed by atoms with Crippen molar-refractivity contribution in [3.63, 3.8) is 0 Å². The van der Waals surface area contributed by atoms with E-state index in [1.54, 1.807) is 19.1 Å². The summed E-state index contributed by atoms with van der Waals surface area (Å²) in [4.78, 5) is 15.8. The van der Waals surface area contributed by atoms with E-state index in [1.165, 1.54) is 6.08 Å². The maximum atomic E-state index is 11.3. The molecule has 0 aliphatic heterocycles. The summed E-state index contributed by atoms with van der Waals surface area (Å²) < 4.78 is 0. The lowest BCUT2D eigenvalue weighted by Crippen LogP contribution is -2.04. The molecule has 0 heterocycles. The lowest BCUT2D eigenvalue weighted by atomic mass is 10.0. The number of aliphatic imine (C=N–C) groups is 1. The second-order valence-corrected chi connectivity index (χ2v) is 4.49. The molecule has 18 heavy (non-hydrogen) atoms. The van der Waals surface area contributed by atoms with Crippen LogP contribution in [0.25, 0.3) is 0 Å². The van der Waals surface area contributed by atoms with Gasteiger partial charge < -0.3 is 5.11 Å². The fraction of sp³-hybridized carbons (Fsp3) is 0.200. The number of hydrogen-bond donors (Lipinski definition) is 1. The van der Waals surface area contributed by atoms with E-state index in [0.29, 0.717) is 11.3 Å². The highest BCUT2D eigenvalue weighted by Gasteiger charge is 2.08. The van der Waals surface area contributed by atoms with E-state index in [2.05, 4.69) is 4.99 Å². The third kappa shape index (κ3) is 2.40. The molecular formula is C15H15NO2. The van der Waals surface area contributed by atoms with Gasteiger partial charge in [0.15, 0.2) is 5.78 Å². The highest BCUT2D eigenvalue weighted by atomic mass is 16.3. The Morgan fingerprint density at radius 1 is 1.06 bits per heavy atom. The van der Waals surface area contributed by atoms with E-state index in [9.17, 15) is 9.90 Å². The minimum atomic E-state index is 0.0204. The van der Waals surface area contributed by atoms with Crippen molar-refractivity contribution >= 4 is 17.2 Å². The van der Waals surface area contributed by atoms with Gasteiger partial charge in [-0.3, -0.25) is 4.79 Å². The molecule has 0 amide bonds. The Labute approximate surface area is 106 Å². The van der Waals surface area contributed by atoms with Gasteiger partial charge in [0.05, 0.1) is 11.4 Å². The van der Waals surface area contributed by atoms with E-state index in [-0.39, 0.29) is 5.78 Å². The molecule has 0 aromatic heterocycles. The first-order valence-corrected chi connectivity index (χ1v) is 5.77. The topological polar surface area (TPSA) is 49.7 Å². The minimum absolute atomic E-state index is 0.0204. The zero-order valence-electron chi connectivity index (χ0n) is 10.7. The predicted octanol–water partition coefficient (Wildman–Crippen LogP) is 3.17. The molecule has 1 aliphatic carbocycles. The van der Waals surface area contributed by atoms with Gasteiger partial charge in [-0.25, -0.2) is 4.99 Å². The summed E-state index contributed by atoms with van der Waals surface area (Å²) in [7, 11) is 0. The summed E-state index contributed by atoms with van der Waals surface area (Å²) >= 11 is 0. The van der Waals surface area contributed by atoms with Crippen molar-refractivity contribution in [3.05, 3.63) is 47.1 Å². The number of aromatic hydroxyl groups is 1. The second-order valence-electron chi connectivity index (χ2n) is 4.49. The number of phenols is 1. The molecule has 92 valence electrons. The molecule has 1 aromatic rings. The average Bonchev–Trinajstić information content (AvgIpc) is 2.31. The van der Waals surface area contributed by atoms with Gasteiger partial charge in [0.2, 0.25) is 0 Å². The summed E-state index contributed by atoms with van der Waals surface area (Å²) in [6.45, 7) is 5.45. The van der Waals surface area contributed by atoms with Crippen molar-refractivity contribution in [1.82, 2.24) is 0 Å². The van der Waals surface area contributed by atoms with Crippen molar-refractivity contribution in [3.8, 4) is 5.75 Å². The predicted molar refractivity (Wildman–Crippen MR) is 72.6 cm³/mol. The maximum Gasteiger partial charge on any atom is 0.181 e. The van der Waals surface area contributed by atoms with Gasteiger partial charge in [-0.2, -0.15) is 0 Å². The number of benzene rings is 1. The lowest BCUT2D eigenvalue weighted by Gasteiger charge is -2.07. The van der Waals surface area contributed by atoms with Gasteiger partial charge in [0.25, 0.3) is 0 Å². The number of nitrogens with zero attached hydrogens (tertiary/aromatic N) is 1. The number of aryl methyl sites for hydroxylation is 2. The Bertz CT molecular complexity index is 584. The maximum absolute atomic E-state index is 11.3. The molecule has 0 saturated heterocycles. The Morgan fingerprint density at radius 3 is 2.22 bits per heavy atom. The summed E-state index contributed by atoms with van der Waals surface area (Å²) in [5.74, 6) is 0.326. The quantitative estimate of drug-likeness (QED) is 0.768. The van der Waals surface area contributed by atoms with Gasteiger partial charge in [-0.05, 0) is 67.8 Å². The van der Waals surface area contributed by atoms with E-state index < -0.39 is 0 Å². The number of allylic oxidation sites excluding steroid dienone is 4. The van der Waals surface area contributed by atoms with Gasteiger partial charge in [0, 0.05) is 0 Å². The highest BCUT2D eigenvalue weighted by molar-refractivity contribution is 6.19. The van der Waals surface area contributed by atoms with E-state index in [4.69, 9.17) is 0 Å². The van der Waals surface area contributed by atoms with Crippen LogP contribution in [-0.4, -0.2) is 16.6 Å². The molecule has 0 spiro atoms. The molecule has 1 aliphatic rings. The molecule has 0 unspecified atom stereocenters. The molecule has 0 atom stereocenters. The molecule has 1 N–H and O–H groups in total. The van der Waals surface area contributed by atoms with Crippen molar-refractivity contribution in [2.75, 3.05) is 0 Å². The van der Waals surface area contributed by atoms with E-state index >= 15 is 0 Å². The minimum Gasteiger partial charge on any atom is -0.507 e. The van der Waals surface area contributed by atoms with Gasteiger partial charge in [0.1, 0.15) is 5.75 Å². The zero-order chi connectivity index (χ0) is 13.3. The van der Waals surface area contributed by atoms with Gasteiger partial charge in [-0.1, -0.05) is 0 Å². The zero-order valence-corrected chi connectivity index (χ0v) is 10.7. The number of carbonyl (C=O) groups excluding carboxylic acids is 1. The number of carbonyl (C=O) groups is 1. The first-order chi connectivity index (χ1) is 8.47. The molecular weight excluding hydrogens is 226 g/mol. The Hall–Kier alpha value is -2.16. The smallest absolute Gasteiger partial charge is 0.181 e. The Kier molecular flexibility index (Phi) is 3.15. The van der Waals surface area contributed by atoms with Crippen LogP contribution in [0, 0.1) is 13.8 Å². The molecule has 0 saturated carbocycles. The normalized spacial score (nSPS) is 17.2. The van der Waals surface area contributed by atoms with Crippen LogP contribution in [0.15, 0.2) is 40.9 Å². The number of ketones is 1. The van der Waals surface area contributed by atoms with Crippen molar-refractivity contribution in [2.24, 2.45) is 4.99 Å². The van der Waals surface area contributed by atoms with E-state index in [0.717, 1.165) is 22.5 Å². The van der Waals surface area contributed by atoms with Crippen LogP contribution in [0.2, 0.25) is 0 Å². The largest absolute Gasteiger partial charge is 0.507 e. The molecule has 1 aromatic carbocycles. The summed E-state index contributed by atoms with van der Waals surface area (Å²) in [6.07, 6.45) is 4.99. The van der Waals surface area contributed by atoms with Crippen molar-refractivity contribution < 1.29 is 9.90 Å². The first kappa shape index (κ1) is 12.3. The molecule has 2 rings (SSSR count). The summed E-state index contributed by atoms with van der Waals surface area (Å²) in [6, 6.07) is 3.64. The molecule has 3 nitrogen and oxygen atoms in total. The van der Waals surface area contributed by atoms with Crippen LogP contribution < -0.4 is 0 Å². The number of rotatable bonds is 1. The lowest BCUT2D eigenvalue weighted by molar-refractivity contribution is -0.111. The Balaban J connectivity index is 2.41. The average molecular weight is 241 g/mol. The fourth-order valence-electron chi connectivity index (χ4n) is 1.85. The van der Waals surface area contributed by atoms with Crippen LogP contribution in [0.4, 0.5) is 5.69 Å². The summed E-state index contributed by atoms with van der Waals surface area (Å²) in [5, 5.41) is 9.69. The first-order valence-electron chi connectivity index (χ1n) is 5.77. The second kappa shape index (κ2) is 4.61. The molecule has 0 bridgehead atoms. The van der Waals surface area contributed by atoms with Crippen LogP contribution in [0.5, 0.6) is 5.75 Å². The van der Waals surface area contributed by atoms with Crippen LogP contribution >= 0.6 is 0 Å². The van der Waals surface area contributed by atoms with Crippen molar-refractivity contribution in [2.45, 2.75) is 20.8 Å². The standard InChI is InChI=1S/C15H15NO2/c1-9-6-12(4-5-14(9)17)16-13-7-10(2)15(18)11(3)8-13/h4-8,18H,1-3H3. The number of phenolic OH excluding ortho intramolecular Hbond substituents is 1. The third-order valence-corrected chi connectivity index (χ3v) is 2.89. The van der Waals surface area contributed by atoms with Crippen LogP contribution in [-0.2, 0) is 4.79 Å². The third-order valence-electron chi connectivity index (χ3n) is 2.89. The van der Waals surface area contributed by atoms with Crippen LogP contribution in [0.1, 0.15) is 18.1 Å². The van der Waals surface area contributed by atoms with Gasteiger partial charge in [-0.15, -0.1) is 0 Å². The monoisotopic (exact) mass is 241 g/mol. The molecule has 0 radical (unpaired) electrons. The Morgan fingerprint density at radius 2 is 1.67 bits per heavy atom. The van der Waals surface area contributed by atoms with Crippen molar-refractivity contribution in [1.29, 1.82) is 0 Å². The van der Waals surface area contributed by atoms with Crippen LogP contribution in [0.3, 0.4) is 0 Å². The molecule has 0 fully saturated rings. The SMILES string of the molecule is CC1=CC(=Nc2cc(C)c(O)c(C)c2)C=CC1=O. The number of hydrogen-bond acceptors (Lipinski definition) is 3. The fourth-order valence-corrected chi connectivity index (χ4v) is 1.85.